The largest absolute Gasteiger partial charge is 0.478 e. The molecule has 0 aliphatic heterocycles. The maximum Gasteiger partial charge on any atom is 0.345 e. The van der Waals surface area contributed by atoms with Crippen LogP contribution in [0, 0.1) is 13.8 Å². The molecule has 0 amide bonds. The summed E-state index contributed by atoms with van der Waals surface area (Å²) in [6.07, 6.45) is -0.523. The third kappa shape index (κ3) is 3.60. The SMILES string of the molecule is Cc1ccc(C[C@H](Oc2ccccc2)C(=O)O)cc1C. The van der Waals surface area contributed by atoms with Gasteiger partial charge in [-0.05, 0) is 42.7 Å². The van der Waals surface area contributed by atoms with Gasteiger partial charge < -0.3 is 9.84 Å². The Bertz CT molecular complexity index is 590. The first-order valence-electron chi connectivity index (χ1n) is 6.57. The van der Waals surface area contributed by atoms with Crippen LogP contribution in [0.1, 0.15) is 16.7 Å². The van der Waals surface area contributed by atoms with Crippen molar-refractivity contribution in [1.29, 1.82) is 0 Å². The van der Waals surface area contributed by atoms with E-state index >= 15 is 0 Å². The van der Waals surface area contributed by atoms with Gasteiger partial charge in [0.05, 0.1) is 0 Å². The summed E-state index contributed by atoms with van der Waals surface area (Å²) in [4.78, 5) is 11.3. The zero-order valence-corrected chi connectivity index (χ0v) is 11.7. The highest BCUT2D eigenvalue weighted by Gasteiger charge is 2.20. The molecule has 0 saturated carbocycles. The Labute approximate surface area is 118 Å². The van der Waals surface area contributed by atoms with Crippen LogP contribution in [0.4, 0.5) is 0 Å². The summed E-state index contributed by atoms with van der Waals surface area (Å²) in [5.74, 6) is -0.379. The molecule has 1 N–H and O–H groups in total. The van der Waals surface area contributed by atoms with Crippen LogP contribution >= 0.6 is 0 Å². The van der Waals surface area contributed by atoms with Gasteiger partial charge in [0.25, 0.3) is 0 Å². The number of carbonyl (C=O) groups is 1. The van der Waals surface area contributed by atoms with Gasteiger partial charge in [-0.1, -0.05) is 36.4 Å². The number of carboxylic acid groups (broad SMARTS) is 1. The highest BCUT2D eigenvalue weighted by Crippen LogP contribution is 2.16. The molecule has 0 radical (unpaired) electrons. The van der Waals surface area contributed by atoms with Crippen molar-refractivity contribution in [1.82, 2.24) is 0 Å². The quantitative estimate of drug-likeness (QED) is 0.906. The molecule has 0 heterocycles. The van der Waals surface area contributed by atoms with E-state index in [1.54, 1.807) is 12.1 Å². The highest BCUT2D eigenvalue weighted by atomic mass is 16.5. The Morgan fingerprint density at radius 1 is 1.10 bits per heavy atom. The molecule has 0 fully saturated rings. The normalized spacial score (nSPS) is 11.9. The molecule has 0 bridgehead atoms. The molecule has 0 aliphatic rings. The van der Waals surface area contributed by atoms with Crippen molar-refractivity contribution in [2.45, 2.75) is 26.4 Å². The molecular formula is C17H18O3. The summed E-state index contributed by atoms with van der Waals surface area (Å²) < 4.78 is 5.55. The standard InChI is InChI=1S/C17H18O3/c1-12-8-9-14(10-13(12)2)11-16(17(18)19)20-15-6-4-3-5-7-15/h3-10,16H,11H2,1-2H3,(H,18,19)/t16-/m0/s1. The number of ether oxygens (including phenoxy) is 1. The molecule has 0 unspecified atom stereocenters. The van der Waals surface area contributed by atoms with E-state index in [0.717, 1.165) is 11.1 Å². The molecule has 1 atom stereocenters. The van der Waals surface area contributed by atoms with Gasteiger partial charge in [0.2, 0.25) is 0 Å². The maximum absolute atomic E-state index is 11.3. The second-order valence-electron chi connectivity index (χ2n) is 4.88. The average molecular weight is 270 g/mol. The topological polar surface area (TPSA) is 46.5 Å². The zero-order valence-electron chi connectivity index (χ0n) is 11.7. The fourth-order valence-electron chi connectivity index (χ4n) is 1.99. The number of rotatable bonds is 5. The lowest BCUT2D eigenvalue weighted by molar-refractivity contribution is -0.145. The predicted octanol–water partition coefficient (Wildman–Crippen LogP) is 3.38. The van der Waals surface area contributed by atoms with Gasteiger partial charge in [-0.25, -0.2) is 4.79 Å². The molecule has 0 saturated heterocycles. The van der Waals surface area contributed by atoms with Crippen molar-refractivity contribution >= 4 is 5.97 Å². The first-order valence-corrected chi connectivity index (χ1v) is 6.57. The van der Waals surface area contributed by atoms with E-state index in [4.69, 9.17) is 4.74 Å². The number of para-hydroxylation sites is 1. The van der Waals surface area contributed by atoms with Crippen LogP contribution < -0.4 is 4.74 Å². The van der Waals surface area contributed by atoms with E-state index in [-0.39, 0.29) is 0 Å². The second-order valence-corrected chi connectivity index (χ2v) is 4.88. The average Bonchev–Trinajstić information content (AvgIpc) is 2.43. The van der Waals surface area contributed by atoms with Gasteiger partial charge in [0.15, 0.2) is 6.10 Å². The minimum atomic E-state index is -0.952. The molecule has 2 aromatic carbocycles. The zero-order chi connectivity index (χ0) is 14.5. The molecule has 20 heavy (non-hydrogen) atoms. The minimum absolute atomic E-state index is 0.353. The van der Waals surface area contributed by atoms with Crippen LogP contribution in [0.3, 0.4) is 0 Å². The number of hydrogen-bond acceptors (Lipinski definition) is 2. The Morgan fingerprint density at radius 3 is 2.40 bits per heavy atom. The number of hydrogen-bond donors (Lipinski definition) is 1. The fraction of sp³-hybridized carbons (Fsp3) is 0.235. The van der Waals surface area contributed by atoms with Crippen LogP contribution in [0.25, 0.3) is 0 Å². The van der Waals surface area contributed by atoms with E-state index < -0.39 is 12.1 Å². The van der Waals surface area contributed by atoms with Gasteiger partial charge in [-0.3, -0.25) is 0 Å². The Kier molecular flexibility index (Phi) is 4.41. The van der Waals surface area contributed by atoms with Crippen LogP contribution in [0.5, 0.6) is 5.75 Å². The fourth-order valence-corrected chi connectivity index (χ4v) is 1.99. The lowest BCUT2D eigenvalue weighted by Crippen LogP contribution is -2.29. The van der Waals surface area contributed by atoms with Gasteiger partial charge >= 0.3 is 5.97 Å². The highest BCUT2D eigenvalue weighted by molar-refractivity contribution is 5.73. The molecule has 104 valence electrons. The van der Waals surface area contributed by atoms with Crippen LogP contribution in [0.15, 0.2) is 48.5 Å². The van der Waals surface area contributed by atoms with Crippen molar-refractivity contribution in [3.8, 4) is 5.75 Å². The predicted molar refractivity (Wildman–Crippen MR) is 78.1 cm³/mol. The van der Waals surface area contributed by atoms with E-state index in [0.29, 0.717) is 12.2 Å². The van der Waals surface area contributed by atoms with E-state index in [2.05, 4.69) is 0 Å². The molecule has 0 aromatic heterocycles. The number of aliphatic carboxylic acids is 1. The number of aryl methyl sites for hydroxylation is 2. The summed E-state index contributed by atoms with van der Waals surface area (Å²) >= 11 is 0. The van der Waals surface area contributed by atoms with Crippen LogP contribution in [-0.2, 0) is 11.2 Å². The van der Waals surface area contributed by atoms with Crippen molar-refractivity contribution in [3.05, 3.63) is 65.2 Å². The number of carboxylic acids is 1. The lowest BCUT2D eigenvalue weighted by atomic mass is 10.0. The van der Waals surface area contributed by atoms with Crippen LogP contribution in [0.2, 0.25) is 0 Å². The summed E-state index contributed by atoms with van der Waals surface area (Å²) in [6, 6.07) is 15.0. The first kappa shape index (κ1) is 14.1. The lowest BCUT2D eigenvalue weighted by Gasteiger charge is -2.15. The van der Waals surface area contributed by atoms with Crippen molar-refractivity contribution in [3.63, 3.8) is 0 Å². The minimum Gasteiger partial charge on any atom is -0.478 e. The first-order chi connectivity index (χ1) is 9.56. The molecule has 3 heteroatoms. The Morgan fingerprint density at radius 2 is 1.80 bits per heavy atom. The monoisotopic (exact) mass is 270 g/mol. The smallest absolute Gasteiger partial charge is 0.345 e. The van der Waals surface area contributed by atoms with E-state index in [1.807, 2.05) is 50.2 Å². The molecule has 3 nitrogen and oxygen atoms in total. The third-order valence-electron chi connectivity index (χ3n) is 3.29. The second kappa shape index (κ2) is 6.24. The van der Waals surface area contributed by atoms with E-state index in [1.165, 1.54) is 5.56 Å². The molecular weight excluding hydrogens is 252 g/mol. The van der Waals surface area contributed by atoms with Gasteiger partial charge in [-0.15, -0.1) is 0 Å². The van der Waals surface area contributed by atoms with Gasteiger partial charge in [0, 0.05) is 6.42 Å². The molecule has 0 aliphatic carbocycles. The van der Waals surface area contributed by atoms with Crippen molar-refractivity contribution < 1.29 is 14.6 Å². The van der Waals surface area contributed by atoms with E-state index in [9.17, 15) is 9.90 Å². The maximum atomic E-state index is 11.3. The number of benzene rings is 2. The molecule has 0 spiro atoms. The third-order valence-corrected chi connectivity index (χ3v) is 3.29. The molecule has 2 aromatic rings. The Hall–Kier alpha value is -2.29. The van der Waals surface area contributed by atoms with Crippen molar-refractivity contribution in [2.24, 2.45) is 0 Å². The summed E-state index contributed by atoms with van der Waals surface area (Å²) in [7, 11) is 0. The molecule has 2 rings (SSSR count). The van der Waals surface area contributed by atoms with Crippen LogP contribution in [-0.4, -0.2) is 17.2 Å². The summed E-state index contributed by atoms with van der Waals surface area (Å²) in [5, 5.41) is 9.29. The van der Waals surface area contributed by atoms with Crippen molar-refractivity contribution in [2.75, 3.05) is 0 Å². The van der Waals surface area contributed by atoms with Gasteiger partial charge in [0.1, 0.15) is 5.75 Å². The summed E-state index contributed by atoms with van der Waals surface area (Å²) in [6.45, 7) is 4.06. The summed E-state index contributed by atoms with van der Waals surface area (Å²) in [5.41, 5.74) is 3.33. The van der Waals surface area contributed by atoms with Gasteiger partial charge in [-0.2, -0.15) is 0 Å². The Balaban J connectivity index is 2.13.